The van der Waals surface area contributed by atoms with Gasteiger partial charge in [0.2, 0.25) is 0 Å². The Balaban J connectivity index is -0.000000216. The van der Waals surface area contributed by atoms with Crippen LogP contribution < -0.4 is 0 Å². The van der Waals surface area contributed by atoms with Gasteiger partial charge in [-0.1, -0.05) is 24.3 Å². The third-order valence-electron chi connectivity index (χ3n) is 1.33. The van der Waals surface area contributed by atoms with Crippen molar-refractivity contribution in [1.29, 1.82) is 0 Å². The third-order valence-corrected chi connectivity index (χ3v) is 1.33. The molecule has 0 aromatic rings. The first kappa shape index (κ1) is 24.2. The molecule has 1 rings (SSSR count). The fraction of sp³-hybridized carbons (Fsp3) is 0.364. The fourth-order valence-corrected chi connectivity index (χ4v) is 0.856. The third kappa shape index (κ3) is 71.3. The maximum Gasteiger partial charge on any atom is 2.00 e. The van der Waals surface area contributed by atoms with E-state index in [1.54, 1.807) is 0 Å². The molecule has 0 nitrogen and oxygen atoms in total. The van der Waals surface area contributed by atoms with Crippen molar-refractivity contribution < 1.29 is 45.6 Å². The van der Waals surface area contributed by atoms with Gasteiger partial charge in [0.25, 0.3) is 0 Å². The number of hydrogen-bond donors (Lipinski definition) is 0. The van der Waals surface area contributed by atoms with Gasteiger partial charge in [-0.15, -0.1) is 0 Å². The summed E-state index contributed by atoms with van der Waals surface area (Å²) in [6.45, 7) is 6.50. The normalized spacial score (nSPS) is 17.9. The molecule has 3 radical (unpaired) electrons. The summed E-state index contributed by atoms with van der Waals surface area (Å²) in [5, 5.41) is 0. The fourth-order valence-electron chi connectivity index (χ4n) is 0.856. The Kier molecular flexibility index (Phi) is 11.7. The van der Waals surface area contributed by atoms with E-state index in [0.29, 0.717) is 0 Å². The summed E-state index contributed by atoms with van der Waals surface area (Å²) >= 11 is 0. The van der Waals surface area contributed by atoms with Crippen LogP contribution >= 0.6 is 7.81 Å². The second kappa shape index (κ2) is 9.16. The van der Waals surface area contributed by atoms with E-state index >= 15 is 0 Å². The predicted octanol–water partition coefficient (Wildman–Crippen LogP) is 6.91. The monoisotopic (exact) mass is 400 g/mol. The van der Waals surface area contributed by atoms with Gasteiger partial charge < -0.3 is 0 Å². The molecule has 8 heteroatoms. The van der Waals surface area contributed by atoms with Gasteiger partial charge in [0.05, 0.1) is 0 Å². The van der Waals surface area contributed by atoms with Crippen molar-refractivity contribution in [2.24, 2.45) is 0 Å². The van der Waals surface area contributed by atoms with Gasteiger partial charge in [-0.05, 0) is 46.0 Å². The largest absolute Gasteiger partial charge is 2.00 e. The average Bonchev–Trinajstić information content (AvgIpc) is 1.96. The Morgan fingerprint density at radius 2 is 0.789 bits per heavy atom. The van der Waals surface area contributed by atoms with Gasteiger partial charge in [0.15, 0.2) is 0 Å². The van der Waals surface area contributed by atoms with Crippen molar-refractivity contribution in [3.05, 3.63) is 44.6 Å². The topological polar surface area (TPSA) is 0 Å². The molecule has 0 aliphatic heterocycles. The number of halogens is 6. The Hall–Kier alpha value is 0.152. The van der Waals surface area contributed by atoms with Crippen LogP contribution in [0.5, 0.6) is 0 Å². The maximum atomic E-state index is 9.87. The molecule has 0 bridgehead atoms. The number of rotatable bonds is 0. The molecular weight excluding hydrogens is 384 g/mol. The van der Waals surface area contributed by atoms with Crippen molar-refractivity contribution in [3.63, 3.8) is 0 Å². The first-order valence-corrected chi connectivity index (χ1v) is 7.16. The molecular formula is C11H17F6PPd+. The molecule has 1 aliphatic carbocycles. The predicted molar refractivity (Wildman–Crippen MR) is 65.3 cm³/mol. The minimum absolute atomic E-state index is 0. The number of hydrogen-bond acceptors (Lipinski definition) is 0. The Morgan fingerprint density at radius 3 is 0.895 bits per heavy atom. The van der Waals surface area contributed by atoms with Crippen molar-refractivity contribution in [1.82, 2.24) is 0 Å². The molecule has 0 unspecified atom stereocenters. The van der Waals surface area contributed by atoms with E-state index in [0.717, 1.165) is 0 Å². The van der Waals surface area contributed by atoms with E-state index < -0.39 is 7.81 Å². The van der Waals surface area contributed by atoms with E-state index in [1.807, 2.05) is 0 Å². The first-order valence-electron chi connectivity index (χ1n) is 5.13. The molecule has 0 aromatic carbocycles. The smallest absolute Gasteiger partial charge is 0.0499 e. The van der Waals surface area contributed by atoms with Crippen LogP contribution in [-0.4, -0.2) is 0 Å². The molecule has 0 aromatic heterocycles. The molecule has 0 saturated carbocycles. The van der Waals surface area contributed by atoms with Gasteiger partial charge in [-0.3, -0.25) is 0 Å². The zero-order chi connectivity index (χ0) is 14.8. The van der Waals surface area contributed by atoms with Crippen LogP contribution in [0.2, 0.25) is 0 Å². The molecule has 0 atom stereocenters. The summed E-state index contributed by atoms with van der Waals surface area (Å²) in [6, 6.07) is 0. The van der Waals surface area contributed by atoms with Crippen molar-refractivity contribution in [2.45, 2.75) is 25.7 Å². The zero-order valence-corrected chi connectivity index (χ0v) is 12.6. The minimum Gasteiger partial charge on any atom is -0.0499 e. The molecule has 117 valence electrons. The van der Waals surface area contributed by atoms with Gasteiger partial charge >= 0.3 is 53.4 Å². The van der Waals surface area contributed by atoms with Gasteiger partial charge in [-0.2, -0.15) is 0 Å². The van der Waals surface area contributed by atoms with Crippen molar-refractivity contribution in [3.8, 4) is 0 Å². The van der Waals surface area contributed by atoms with E-state index in [-0.39, 0.29) is 20.4 Å². The van der Waals surface area contributed by atoms with Crippen LogP contribution in [0, 0.1) is 20.3 Å². The SMILES string of the molecule is C1=CCCC=CCC1.F[P-](F)(F)(F)(F)F.[CH2][CH][CH2].[Pd+2]. The van der Waals surface area contributed by atoms with E-state index in [1.165, 1.54) is 32.1 Å². The van der Waals surface area contributed by atoms with Crippen LogP contribution in [0.15, 0.2) is 24.3 Å². The number of allylic oxidation sites excluding steroid dienone is 4. The summed E-state index contributed by atoms with van der Waals surface area (Å²) in [5.41, 5.74) is 0. The summed E-state index contributed by atoms with van der Waals surface area (Å²) in [7, 11) is -10.7. The quantitative estimate of drug-likeness (QED) is 0.179. The van der Waals surface area contributed by atoms with E-state index in [2.05, 4.69) is 38.2 Å². The minimum atomic E-state index is -10.7. The maximum absolute atomic E-state index is 10.7. The zero-order valence-electron chi connectivity index (χ0n) is 10.2. The van der Waals surface area contributed by atoms with Crippen LogP contribution in [-0.2, 0) is 20.4 Å². The van der Waals surface area contributed by atoms with Crippen molar-refractivity contribution in [2.75, 3.05) is 0 Å². The Labute approximate surface area is 124 Å². The first-order chi connectivity index (χ1) is 7.86. The van der Waals surface area contributed by atoms with Crippen LogP contribution in [0.4, 0.5) is 25.2 Å². The van der Waals surface area contributed by atoms with Crippen LogP contribution in [0.25, 0.3) is 0 Å². The summed E-state index contributed by atoms with van der Waals surface area (Å²) in [5.74, 6) is 0. The van der Waals surface area contributed by atoms with Gasteiger partial charge in [0.1, 0.15) is 0 Å². The molecule has 19 heavy (non-hydrogen) atoms. The molecule has 0 heterocycles. The van der Waals surface area contributed by atoms with E-state index in [4.69, 9.17) is 0 Å². The van der Waals surface area contributed by atoms with Gasteiger partial charge in [0, 0.05) is 0 Å². The Morgan fingerprint density at radius 1 is 0.684 bits per heavy atom. The van der Waals surface area contributed by atoms with Crippen LogP contribution in [0.3, 0.4) is 0 Å². The van der Waals surface area contributed by atoms with Gasteiger partial charge in [-0.25, -0.2) is 0 Å². The summed E-state index contributed by atoms with van der Waals surface area (Å²) < 4.78 is 59.2. The second-order valence-electron chi connectivity index (χ2n) is 3.34. The Bertz CT molecular complexity index is 229. The van der Waals surface area contributed by atoms with Crippen molar-refractivity contribution >= 4 is 7.81 Å². The summed E-state index contributed by atoms with van der Waals surface area (Å²) in [6.07, 6.45) is 15.5. The molecule has 0 fully saturated rings. The summed E-state index contributed by atoms with van der Waals surface area (Å²) in [4.78, 5) is 0. The molecule has 0 amide bonds. The standard InChI is InChI=1S/C8H12.C3H5.F6P.Pd/c1-2-4-6-8-7-5-3-1;1-3-2;1-7(2,3,4,5)6;/h1-2,7-8H,3-6H2;3H,1-2H2;;/q;;-1;+2. The van der Waals surface area contributed by atoms with Crippen LogP contribution in [0.1, 0.15) is 25.7 Å². The molecule has 0 spiro atoms. The molecule has 0 saturated heterocycles. The average molecular weight is 401 g/mol. The molecule has 1 aliphatic rings. The molecule has 0 N–H and O–H groups in total. The second-order valence-corrected chi connectivity index (χ2v) is 5.26. The van der Waals surface area contributed by atoms with E-state index in [9.17, 15) is 25.2 Å².